The van der Waals surface area contributed by atoms with Gasteiger partial charge in [0.25, 0.3) is 11.8 Å². The molecule has 2 aliphatic heterocycles. The van der Waals surface area contributed by atoms with Crippen molar-refractivity contribution in [1.82, 2.24) is 5.32 Å². The Balaban J connectivity index is 1.73. The molecule has 0 unspecified atom stereocenters. The average molecular weight is 493 g/mol. The van der Waals surface area contributed by atoms with E-state index in [1.54, 1.807) is 38.1 Å². The molecule has 0 aliphatic carbocycles. The van der Waals surface area contributed by atoms with Gasteiger partial charge in [-0.3, -0.25) is 9.59 Å². The second-order valence-electron chi connectivity index (χ2n) is 7.84. The van der Waals surface area contributed by atoms with E-state index in [0.717, 1.165) is 11.8 Å². The first-order chi connectivity index (χ1) is 15.0. The number of ether oxygens (including phenoxy) is 1. The second-order valence-corrected chi connectivity index (χ2v) is 9.97. The Morgan fingerprint density at radius 1 is 1.34 bits per heavy atom. The van der Waals surface area contributed by atoms with Gasteiger partial charge in [0.05, 0.1) is 22.7 Å². The van der Waals surface area contributed by atoms with Crippen LogP contribution in [0.2, 0.25) is 5.02 Å². The van der Waals surface area contributed by atoms with E-state index in [0.29, 0.717) is 30.9 Å². The number of rotatable bonds is 4. The molecule has 0 atom stereocenters. The normalized spacial score (nSPS) is 17.5. The lowest BCUT2D eigenvalue weighted by molar-refractivity contribution is -0.121. The van der Waals surface area contributed by atoms with Crippen LogP contribution in [0.25, 0.3) is 6.08 Å². The van der Waals surface area contributed by atoms with Gasteiger partial charge in [0, 0.05) is 10.6 Å². The van der Waals surface area contributed by atoms with Crippen molar-refractivity contribution >= 4 is 63.5 Å². The van der Waals surface area contributed by atoms with E-state index in [-0.39, 0.29) is 36.4 Å². The summed E-state index contributed by atoms with van der Waals surface area (Å²) in [6.07, 6.45) is 1.51. The van der Waals surface area contributed by atoms with Gasteiger partial charge in [-0.1, -0.05) is 41.6 Å². The highest BCUT2D eigenvalue weighted by Crippen LogP contribution is 2.38. The summed E-state index contributed by atoms with van der Waals surface area (Å²) in [7, 11) is 0. The van der Waals surface area contributed by atoms with Crippen molar-refractivity contribution in [3.63, 3.8) is 0 Å². The van der Waals surface area contributed by atoms with E-state index in [1.165, 1.54) is 17.0 Å². The highest BCUT2D eigenvalue weighted by molar-refractivity contribution is 8.26. The summed E-state index contributed by atoms with van der Waals surface area (Å²) >= 11 is 12.3. The molecule has 2 aromatic rings. The van der Waals surface area contributed by atoms with E-state index in [4.69, 9.17) is 28.6 Å². The summed E-state index contributed by atoms with van der Waals surface area (Å²) in [6.45, 7) is 3.05. The number of benzene rings is 2. The first kappa shape index (κ1) is 22.7. The first-order valence-electron chi connectivity index (χ1n) is 9.56. The van der Waals surface area contributed by atoms with Crippen molar-refractivity contribution in [2.24, 2.45) is 0 Å². The van der Waals surface area contributed by atoms with Crippen LogP contribution in [0.4, 0.5) is 10.1 Å². The van der Waals surface area contributed by atoms with E-state index in [1.807, 2.05) is 0 Å². The van der Waals surface area contributed by atoms with Crippen molar-refractivity contribution in [3.8, 4) is 5.75 Å². The van der Waals surface area contributed by atoms with Crippen LogP contribution in [0.5, 0.6) is 5.75 Å². The molecule has 6 nitrogen and oxygen atoms in total. The molecule has 32 heavy (non-hydrogen) atoms. The van der Waals surface area contributed by atoms with Gasteiger partial charge in [0.1, 0.15) is 4.32 Å². The van der Waals surface area contributed by atoms with Crippen LogP contribution in [-0.2, 0) is 21.7 Å². The number of halogens is 2. The lowest BCUT2D eigenvalue weighted by atomic mass is 9.96. The Labute approximate surface area is 198 Å². The molecule has 2 aliphatic rings. The molecule has 0 spiro atoms. The largest absolute Gasteiger partial charge is 0.478 e. The summed E-state index contributed by atoms with van der Waals surface area (Å²) in [6, 6.07) is 7.93. The molecule has 2 N–H and O–H groups in total. The molecule has 0 aromatic heterocycles. The molecule has 166 valence electrons. The van der Waals surface area contributed by atoms with Crippen LogP contribution in [0.3, 0.4) is 0 Å². The van der Waals surface area contributed by atoms with Crippen molar-refractivity contribution < 1.29 is 23.8 Å². The molecule has 0 saturated carbocycles. The number of aliphatic hydroxyl groups is 1. The number of hydrogen-bond acceptors (Lipinski definition) is 6. The minimum atomic E-state index is -1.18. The lowest BCUT2D eigenvalue weighted by Gasteiger charge is -2.30. The van der Waals surface area contributed by atoms with Crippen molar-refractivity contribution in [2.75, 3.05) is 11.5 Å². The molecule has 1 saturated heterocycles. The molecule has 0 radical (unpaired) electrons. The zero-order chi connectivity index (χ0) is 23.2. The Kier molecular flexibility index (Phi) is 6.02. The Hall–Kier alpha value is -2.46. The number of thiocarbonyl (C=S) groups is 1. The summed E-state index contributed by atoms with van der Waals surface area (Å²) in [5.74, 6) is -1.40. The quantitative estimate of drug-likeness (QED) is 0.494. The third-order valence-electron chi connectivity index (χ3n) is 4.95. The fourth-order valence-corrected chi connectivity index (χ4v) is 4.83. The Morgan fingerprint density at radius 2 is 2.09 bits per heavy atom. The standard InChI is InChI=1S/C22H18ClFN2O4S2/c1-22(2,29)13-5-11(3-4-14(13)23)9-26-16-7-12(8-17-20(28)25-21(31)32-17)6-15(24)19(16)30-10-18(26)27/h3-8,29H,9-10H2,1-2H3,(H,25,28,31)/b17-8+. The highest BCUT2D eigenvalue weighted by atomic mass is 35.5. The van der Waals surface area contributed by atoms with Gasteiger partial charge in [0.15, 0.2) is 18.2 Å². The third kappa shape index (κ3) is 4.52. The monoisotopic (exact) mass is 492 g/mol. The van der Waals surface area contributed by atoms with Gasteiger partial charge in [-0.25, -0.2) is 4.39 Å². The van der Waals surface area contributed by atoms with Crippen LogP contribution in [0.15, 0.2) is 35.2 Å². The SMILES string of the molecule is CC(C)(O)c1cc(CN2C(=O)COc3c(F)cc(/C=C4/SC(=S)NC4=O)cc32)ccc1Cl. The number of carbonyl (C=O) groups excluding carboxylic acids is 2. The van der Waals surface area contributed by atoms with E-state index >= 15 is 0 Å². The molecule has 1 fully saturated rings. The number of nitrogens with one attached hydrogen (secondary N) is 1. The fourth-order valence-electron chi connectivity index (χ4n) is 3.44. The van der Waals surface area contributed by atoms with Crippen molar-refractivity contribution in [3.05, 3.63) is 62.8 Å². The molecular weight excluding hydrogens is 475 g/mol. The van der Waals surface area contributed by atoms with E-state index < -0.39 is 11.4 Å². The van der Waals surface area contributed by atoms with Gasteiger partial charge in [-0.15, -0.1) is 0 Å². The highest BCUT2D eigenvalue weighted by Gasteiger charge is 2.30. The average Bonchev–Trinajstić information content (AvgIpc) is 3.01. The van der Waals surface area contributed by atoms with Crippen LogP contribution in [-0.4, -0.2) is 27.8 Å². The smallest absolute Gasteiger partial charge is 0.265 e. The van der Waals surface area contributed by atoms with Crippen molar-refractivity contribution in [2.45, 2.75) is 26.0 Å². The molecule has 2 aromatic carbocycles. The number of carbonyl (C=O) groups is 2. The summed E-state index contributed by atoms with van der Waals surface area (Å²) < 4.78 is 20.5. The Morgan fingerprint density at radius 3 is 2.75 bits per heavy atom. The number of hydrogen-bond donors (Lipinski definition) is 2. The number of fused-ring (bicyclic) bond motifs is 1. The summed E-state index contributed by atoms with van der Waals surface area (Å²) in [5, 5.41) is 13.3. The minimum Gasteiger partial charge on any atom is -0.478 e. The van der Waals surface area contributed by atoms with E-state index in [9.17, 15) is 19.1 Å². The Bertz CT molecular complexity index is 1190. The number of nitrogens with zero attached hydrogens (tertiary/aromatic N) is 1. The predicted octanol–water partition coefficient (Wildman–Crippen LogP) is 4.12. The van der Waals surface area contributed by atoms with Gasteiger partial charge in [-0.2, -0.15) is 0 Å². The molecule has 4 rings (SSSR count). The number of amides is 2. The zero-order valence-corrected chi connectivity index (χ0v) is 19.5. The van der Waals surface area contributed by atoms with E-state index in [2.05, 4.69) is 5.32 Å². The van der Waals surface area contributed by atoms with Gasteiger partial charge in [0.2, 0.25) is 0 Å². The maximum atomic E-state index is 14.8. The van der Waals surface area contributed by atoms with Crippen LogP contribution in [0.1, 0.15) is 30.5 Å². The van der Waals surface area contributed by atoms with Crippen molar-refractivity contribution in [1.29, 1.82) is 0 Å². The zero-order valence-electron chi connectivity index (χ0n) is 17.1. The fraction of sp³-hybridized carbons (Fsp3) is 0.227. The second kappa shape index (κ2) is 8.47. The van der Waals surface area contributed by atoms with Crippen LogP contribution >= 0.6 is 35.6 Å². The molecular formula is C22H18ClFN2O4S2. The molecule has 0 bridgehead atoms. The lowest BCUT2D eigenvalue weighted by Crippen LogP contribution is -2.38. The molecule has 2 amide bonds. The molecule has 10 heteroatoms. The minimum absolute atomic E-state index is 0.0394. The summed E-state index contributed by atoms with van der Waals surface area (Å²) in [4.78, 5) is 26.4. The first-order valence-corrected chi connectivity index (χ1v) is 11.2. The predicted molar refractivity (Wildman–Crippen MR) is 126 cm³/mol. The summed E-state index contributed by atoms with van der Waals surface area (Å²) in [5.41, 5.74) is 0.681. The number of anilines is 1. The molecule has 2 heterocycles. The third-order valence-corrected chi connectivity index (χ3v) is 6.44. The van der Waals surface area contributed by atoms with Crippen LogP contribution in [0, 0.1) is 5.82 Å². The number of thioether (sulfide) groups is 1. The maximum absolute atomic E-state index is 14.8. The van der Waals surface area contributed by atoms with Gasteiger partial charge < -0.3 is 20.1 Å². The van der Waals surface area contributed by atoms with Crippen LogP contribution < -0.4 is 15.0 Å². The maximum Gasteiger partial charge on any atom is 0.265 e. The van der Waals surface area contributed by atoms with Gasteiger partial charge >= 0.3 is 0 Å². The van der Waals surface area contributed by atoms with Gasteiger partial charge in [-0.05, 0) is 55.3 Å². The topological polar surface area (TPSA) is 78.9 Å².